The summed E-state index contributed by atoms with van der Waals surface area (Å²) in [6, 6.07) is 19.9. The van der Waals surface area contributed by atoms with Crippen molar-refractivity contribution in [3.05, 3.63) is 84.4 Å². The fourth-order valence-electron chi connectivity index (χ4n) is 3.76. The Morgan fingerprint density at radius 2 is 1.43 bits per heavy atom. The second kappa shape index (κ2) is 9.87. The van der Waals surface area contributed by atoms with Gasteiger partial charge in [-0.05, 0) is 48.5 Å². The van der Waals surface area contributed by atoms with E-state index in [0.717, 1.165) is 30.0 Å². The maximum absolute atomic E-state index is 13.2. The first-order chi connectivity index (χ1) is 16.6. The van der Waals surface area contributed by atoms with Crippen LogP contribution in [0.1, 0.15) is 10.4 Å². The van der Waals surface area contributed by atoms with E-state index < -0.39 is 22.1 Å². The number of hydrogen-bond donors (Lipinski definition) is 1. The zero-order chi connectivity index (χ0) is 25.1. The summed E-state index contributed by atoms with van der Waals surface area (Å²) in [5.74, 6) is -0.855. The van der Waals surface area contributed by atoms with Crippen molar-refractivity contribution in [2.75, 3.05) is 35.8 Å². The number of alkyl halides is 3. The van der Waals surface area contributed by atoms with Crippen molar-refractivity contribution < 1.29 is 31.1 Å². The third-order valence-corrected chi connectivity index (χ3v) is 6.84. The van der Waals surface area contributed by atoms with Crippen LogP contribution in [0, 0.1) is 0 Å². The van der Waals surface area contributed by atoms with Crippen molar-refractivity contribution in [2.24, 2.45) is 0 Å². The van der Waals surface area contributed by atoms with Crippen LogP contribution in [0.25, 0.3) is 0 Å². The van der Waals surface area contributed by atoms with E-state index in [2.05, 4.69) is 14.4 Å². The molecule has 1 heterocycles. The van der Waals surface area contributed by atoms with Gasteiger partial charge >= 0.3 is 6.36 Å². The Bertz CT molecular complexity index is 1280. The second-order valence-electron chi connectivity index (χ2n) is 7.79. The van der Waals surface area contributed by atoms with Crippen LogP contribution < -0.4 is 14.4 Å². The first kappa shape index (κ1) is 24.4. The Labute approximate surface area is 200 Å². The normalized spacial score (nSPS) is 14.5. The Morgan fingerprint density at radius 1 is 0.829 bits per heavy atom. The van der Waals surface area contributed by atoms with Gasteiger partial charge < -0.3 is 14.5 Å². The van der Waals surface area contributed by atoms with Crippen molar-refractivity contribution in [1.82, 2.24) is 4.90 Å². The van der Waals surface area contributed by atoms with E-state index in [9.17, 15) is 26.4 Å². The molecule has 1 fully saturated rings. The number of anilines is 2. The molecule has 0 saturated carbocycles. The molecule has 0 aromatic heterocycles. The molecule has 1 saturated heterocycles. The fourth-order valence-corrected chi connectivity index (χ4v) is 4.84. The Kier molecular flexibility index (Phi) is 6.88. The van der Waals surface area contributed by atoms with Crippen molar-refractivity contribution >= 4 is 27.3 Å². The first-order valence-corrected chi connectivity index (χ1v) is 12.2. The van der Waals surface area contributed by atoms with Gasteiger partial charge in [-0.2, -0.15) is 0 Å². The molecule has 4 rings (SSSR count). The smallest absolute Gasteiger partial charge is 0.406 e. The maximum atomic E-state index is 13.2. The zero-order valence-corrected chi connectivity index (χ0v) is 19.2. The van der Waals surface area contributed by atoms with Crippen molar-refractivity contribution in [2.45, 2.75) is 11.3 Å². The van der Waals surface area contributed by atoms with Crippen LogP contribution in [-0.4, -0.2) is 51.8 Å². The molecule has 0 radical (unpaired) electrons. The maximum Gasteiger partial charge on any atom is 0.573 e. The van der Waals surface area contributed by atoms with Gasteiger partial charge in [0, 0.05) is 31.9 Å². The number of nitrogens with zero attached hydrogens (tertiary/aromatic N) is 2. The molecule has 1 aliphatic heterocycles. The lowest BCUT2D eigenvalue weighted by atomic mass is 10.1. The monoisotopic (exact) mass is 505 g/mol. The predicted molar refractivity (Wildman–Crippen MR) is 125 cm³/mol. The van der Waals surface area contributed by atoms with Crippen LogP contribution in [-0.2, 0) is 10.0 Å². The van der Waals surface area contributed by atoms with Gasteiger partial charge in [-0.3, -0.25) is 9.52 Å². The minimum Gasteiger partial charge on any atom is -0.406 e. The van der Waals surface area contributed by atoms with E-state index in [1.54, 1.807) is 17.0 Å². The standard InChI is InChI=1S/C24H22F3N3O4S/c25-24(26,27)34-19-10-12-20(13-11-19)35(32,33)28-22-9-5-4-8-21(22)23(31)30-16-14-29(15-17-30)18-6-2-1-3-7-18/h1-13,28H,14-17H2. The van der Waals surface area contributed by atoms with Crippen molar-refractivity contribution in [1.29, 1.82) is 0 Å². The molecule has 0 aliphatic carbocycles. The molecule has 0 atom stereocenters. The van der Waals surface area contributed by atoms with Gasteiger partial charge in [-0.15, -0.1) is 13.2 Å². The lowest BCUT2D eigenvalue weighted by Crippen LogP contribution is -2.48. The third-order valence-electron chi connectivity index (χ3n) is 5.46. The van der Waals surface area contributed by atoms with Gasteiger partial charge in [0.1, 0.15) is 5.75 Å². The number of rotatable bonds is 6. The quantitative estimate of drug-likeness (QED) is 0.539. The molecule has 0 bridgehead atoms. The SMILES string of the molecule is O=C(c1ccccc1NS(=O)(=O)c1ccc(OC(F)(F)F)cc1)N1CCN(c2ccccc2)CC1. The molecule has 7 nitrogen and oxygen atoms in total. The molecular weight excluding hydrogens is 483 g/mol. The summed E-state index contributed by atoms with van der Waals surface area (Å²) in [6.45, 7) is 2.21. The highest BCUT2D eigenvalue weighted by Crippen LogP contribution is 2.26. The van der Waals surface area contributed by atoms with Crippen LogP contribution >= 0.6 is 0 Å². The minimum absolute atomic E-state index is 0.0820. The van der Waals surface area contributed by atoms with E-state index in [1.807, 2.05) is 30.3 Å². The summed E-state index contributed by atoms with van der Waals surface area (Å²) in [6.07, 6.45) is -4.88. The van der Waals surface area contributed by atoms with Gasteiger partial charge in [-0.25, -0.2) is 8.42 Å². The Morgan fingerprint density at radius 3 is 2.06 bits per heavy atom. The average molecular weight is 506 g/mol. The number of amides is 1. The second-order valence-corrected chi connectivity index (χ2v) is 9.47. The molecule has 11 heteroatoms. The number of carbonyl (C=O) groups is 1. The van der Waals surface area contributed by atoms with E-state index >= 15 is 0 Å². The molecule has 0 unspecified atom stereocenters. The molecule has 1 N–H and O–H groups in total. The number of ether oxygens (including phenoxy) is 1. The van der Waals surface area contributed by atoms with Crippen LogP contribution in [0.4, 0.5) is 24.5 Å². The molecule has 1 amide bonds. The summed E-state index contributed by atoms with van der Waals surface area (Å²) in [4.78, 5) is 16.8. The van der Waals surface area contributed by atoms with Crippen molar-refractivity contribution in [3.8, 4) is 5.75 Å². The first-order valence-electron chi connectivity index (χ1n) is 10.7. The summed E-state index contributed by atoms with van der Waals surface area (Å²) < 4.78 is 68.9. The molecular formula is C24H22F3N3O4S. The number of benzene rings is 3. The van der Waals surface area contributed by atoms with Gasteiger partial charge in [0.25, 0.3) is 15.9 Å². The number of hydrogen-bond acceptors (Lipinski definition) is 5. The van der Waals surface area contributed by atoms with Gasteiger partial charge in [0.2, 0.25) is 0 Å². The third kappa shape index (κ3) is 6.04. The van der Waals surface area contributed by atoms with Crippen LogP contribution in [0.15, 0.2) is 83.8 Å². The Balaban J connectivity index is 1.46. The van der Waals surface area contributed by atoms with Crippen molar-refractivity contribution in [3.63, 3.8) is 0 Å². The average Bonchev–Trinajstić information content (AvgIpc) is 2.84. The summed E-state index contributed by atoms with van der Waals surface area (Å²) in [5.41, 5.74) is 1.33. The number of nitrogens with one attached hydrogen (secondary N) is 1. The van der Waals surface area contributed by atoms with E-state index in [0.29, 0.717) is 26.2 Å². The molecule has 0 spiro atoms. The highest BCUT2D eigenvalue weighted by atomic mass is 32.2. The molecule has 184 valence electrons. The number of para-hydroxylation sites is 2. The number of sulfonamides is 1. The van der Waals surface area contributed by atoms with Crippen LogP contribution in [0.3, 0.4) is 0 Å². The summed E-state index contributed by atoms with van der Waals surface area (Å²) >= 11 is 0. The molecule has 1 aliphatic rings. The minimum atomic E-state index is -4.88. The highest BCUT2D eigenvalue weighted by molar-refractivity contribution is 7.92. The summed E-state index contributed by atoms with van der Waals surface area (Å²) in [7, 11) is -4.17. The van der Waals surface area contributed by atoms with Gasteiger partial charge in [0.15, 0.2) is 0 Å². The molecule has 35 heavy (non-hydrogen) atoms. The van der Waals surface area contributed by atoms with Gasteiger partial charge in [-0.1, -0.05) is 30.3 Å². The number of piperazine rings is 1. The van der Waals surface area contributed by atoms with E-state index in [-0.39, 0.29) is 22.1 Å². The highest BCUT2D eigenvalue weighted by Gasteiger charge is 2.31. The largest absolute Gasteiger partial charge is 0.573 e. The van der Waals surface area contributed by atoms with Crippen LogP contribution in [0.5, 0.6) is 5.75 Å². The van der Waals surface area contributed by atoms with Gasteiger partial charge in [0.05, 0.1) is 16.1 Å². The number of halogens is 3. The molecule has 3 aromatic rings. The molecule has 3 aromatic carbocycles. The van der Waals surface area contributed by atoms with E-state index in [4.69, 9.17) is 0 Å². The predicted octanol–water partition coefficient (Wildman–Crippen LogP) is 4.35. The zero-order valence-electron chi connectivity index (χ0n) is 18.4. The topological polar surface area (TPSA) is 78.9 Å². The lowest BCUT2D eigenvalue weighted by molar-refractivity contribution is -0.274. The van der Waals surface area contributed by atoms with E-state index in [1.165, 1.54) is 12.1 Å². The fraction of sp³-hybridized carbons (Fsp3) is 0.208. The lowest BCUT2D eigenvalue weighted by Gasteiger charge is -2.36. The Hall–Kier alpha value is -3.73. The van der Waals surface area contributed by atoms with Crippen LogP contribution in [0.2, 0.25) is 0 Å². The summed E-state index contributed by atoms with van der Waals surface area (Å²) in [5, 5.41) is 0. The number of carbonyl (C=O) groups excluding carboxylic acids is 1.